The first-order valence-corrected chi connectivity index (χ1v) is 5.85. The second-order valence-corrected chi connectivity index (χ2v) is 4.12. The maximum Gasteiger partial charge on any atom is 0.275 e. The lowest BCUT2D eigenvalue weighted by Crippen LogP contribution is -2.17. The number of aromatic hydroxyl groups is 4. The highest BCUT2D eigenvalue weighted by Crippen LogP contribution is 2.31. The quantitative estimate of drug-likeness (QED) is 0.252. The molecule has 0 aliphatic carbocycles. The van der Waals surface area contributed by atoms with Crippen molar-refractivity contribution in [2.24, 2.45) is 5.10 Å². The standard InChI is InChI=1S/C14H12N2O5/c17-10-4-2-1-3-9(10)14(21)16-15-7-8-5-12(19)13(20)6-11(8)18/h1-7,17-20H,(H,16,21)/b15-7+. The van der Waals surface area contributed by atoms with Gasteiger partial charge in [-0.3, -0.25) is 4.79 Å². The molecule has 2 rings (SSSR count). The molecule has 0 heterocycles. The van der Waals surface area contributed by atoms with Crippen molar-refractivity contribution in [2.75, 3.05) is 0 Å². The molecule has 5 N–H and O–H groups in total. The zero-order valence-corrected chi connectivity index (χ0v) is 10.7. The Balaban J connectivity index is 2.11. The first-order valence-electron chi connectivity index (χ1n) is 5.85. The van der Waals surface area contributed by atoms with Gasteiger partial charge in [0.25, 0.3) is 5.91 Å². The van der Waals surface area contributed by atoms with Crippen LogP contribution in [-0.2, 0) is 0 Å². The number of amides is 1. The number of phenolic OH excluding ortho intramolecular Hbond substituents is 4. The maximum absolute atomic E-state index is 11.7. The zero-order valence-electron chi connectivity index (χ0n) is 10.7. The molecule has 0 fully saturated rings. The molecule has 0 bridgehead atoms. The number of hydrazone groups is 1. The van der Waals surface area contributed by atoms with Crippen LogP contribution in [0.1, 0.15) is 15.9 Å². The third kappa shape index (κ3) is 3.21. The second-order valence-electron chi connectivity index (χ2n) is 4.12. The predicted molar refractivity (Wildman–Crippen MR) is 74.6 cm³/mol. The fourth-order valence-electron chi connectivity index (χ4n) is 1.57. The molecule has 0 radical (unpaired) electrons. The number of benzene rings is 2. The minimum absolute atomic E-state index is 0.0485. The Bertz CT molecular complexity index is 713. The van der Waals surface area contributed by atoms with Gasteiger partial charge in [0.1, 0.15) is 11.5 Å². The summed E-state index contributed by atoms with van der Waals surface area (Å²) in [6.45, 7) is 0. The Labute approximate surface area is 119 Å². The van der Waals surface area contributed by atoms with E-state index in [4.69, 9.17) is 5.11 Å². The number of para-hydroxylation sites is 1. The summed E-state index contributed by atoms with van der Waals surface area (Å²) >= 11 is 0. The number of hydrogen-bond acceptors (Lipinski definition) is 6. The molecule has 7 nitrogen and oxygen atoms in total. The number of carbonyl (C=O) groups is 1. The van der Waals surface area contributed by atoms with Crippen LogP contribution in [0.25, 0.3) is 0 Å². The van der Waals surface area contributed by atoms with Crippen molar-refractivity contribution in [1.29, 1.82) is 0 Å². The van der Waals surface area contributed by atoms with E-state index in [9.17, 15) is 20.1 Å². The molecule has 1 amide bonds. The van der Waals surface area contributed by atoms with Gasteiger partial charge >= 0.3 is 0 Å². The van der Waals surface area contributed by atoms with Gasteiger partial charge in [-0.2, -0.15) is 5.10 Å². The van der Waals surface area contributed by atoms with E-state index in [2.05, 4.69) is 10.5 Å². The van der Waals surface area contributed by atoms with Gasteiger partial charge in [0.2, 0.25) is 0 Å². The molecule has 2 aromatic carbocycles. The molecule has 21 heavy (non-hydrogen) atoms. The number of hydrogen-bond donors (Lipinski definition) is 5. The van der Waals surface area contributed by atoms with E-state index in [-0.39, 0.29) is 22.6 Å². The van der Waals surface area contributed by atoms with Crippen LogP contribution >= 0.6 is 0 Å². The lowest BCUT2D eigenvalue weighted by molar-refractivity contribution is 0.0952. The molecule has 0 aliphatic rings. The van der Waals surface area contributed by atoms with Crippen molar-refractivity contribution in [3.63, 3.8) is 0 Å². The summed E-state index contributed by atoms with van der Waals surface area (Å²) in [5.74, 6) is -2.03. The van der Waals surface area contributed by atoms with E-state index in [1.165, 1.54) is 12.1 Å². The zero-order chi connectivity index (χ0) is 15.4. The van der Waals surface area contributed by atoms with Crippen LogP contribution in [0, 0.1) is 0 Å². The van der Waals surface area contributed by atoms with Gasteiger partial charge in [0.15, 0.2) is 11.5 Å². The summed E-state index contributed by atoms with van der Waals surface area (Å²) in [6.07, 6.45) is 1.09. The number of nitrogens with zero attached hydrogens (tertiary/aromatic N) is 1. The van der Waals surface area contributed by atoms with Gasteiger partial charge in [-0.1, -0.05) is 12.1 Å². The van der Waals surface area contributed by atoms with E-state index < -0.39 is 17.4 Å². The second kappa shape index (κ2) is 5.83. The molecule has 0 aromatic heterocycles. The maximum atomic E-state index is 11.7. The minimum Gasteiger partial charge on any atom is -0.507 e. The molecule has 7 heteroatoms. The monoisotopic (exact) mass is 288 g/mol. The van der Waals surface area contributed by atoms with Crippen molar-refractivity contribution in [3.8, 4) is 23.0 Å². The fourth-order valence-corrected chi connectivity index (χ4v) is 1.57. The van der Waals surface area contributed by atoms with Crippen LogP contribution in [-0.4, -0.2) is 32.5 Å². The Kier molecular flexibility index (Phi) is 3.94. The number of carbonyl (C=O) groups excluding carboxylic acids is 1. The average Bonchev–Trinajstić information content (AvgIpc) is 2.44. The van der Waals surface area contributed by atoms with Crippen molar-refractivity contribution in [1.82, 2.24) is 5.43 Å². The van der Waals surface area contributed by atoms with Gasteiger partial charge in [-0.05, 0) is 18.2 Å². The summed E-state index contributed by atoms with van der Waals surface area (Å²) in [7, 11) is 0. The lowest BCUT2D eigenvalue weighted by Gasteiger charge is -2.03. The third-order valence-corrected chi connectivity index (χ3v) is 2.64. The fraction of sp³-hybridized carbons (Fsp3) is 0. The average molecular weight is 288 g/mol. The van der Waals surface area contributed by atoms with Gasteiger partial charge in [0, 0.05) is 11.6 Å². The molecule has 0 aliphatic heterocycles. The van der Waals surface area contributed by atoms with Crippen molar-refractivity contribution >= 4 is 12.1 Å². The van der Waals surface area contributed by atoms with Gasteiger partial charge in [-0.25, -0.2) is 5.43 Å². The highest BCUT2D eigenvalue weighted by Gasteiger charge is 2.09. The third-order valence-electron chi connectivity index (χ3n) is 2.64. The van der Waals surface area contributed by atoms with Gasteiger partial charge in [-0.15, -0.1) is 0 Å². The first kappa shape index (κ1) is 14.2. The van der Waals surface area contributed by atoms with E-state index >= 15 is 0 Å². The summed E-state index contributed by atoms with van der Waals surface area (Å²) in [4.78, 5) is 11.7. The highest BCUT2D eigenvalue weighted by atomic mass is 16.3. The number of phenols is 4. The number of nitrogens with one attached hydrogen (secondary N) is 1. The molecular weight excluding hydrogens is 276 g/mol. The van der Waals surface area contributed by atoms with E-state index in [1.54, 1.807) is 12.1 Å². The van der Waals surface area contributed by atoms with Crippen molar-refractivity contribution in [3.05, 3.63) is 47.5 Å². The topological polar surface area (TPSA) is 122 Å². The SMILES string of the molecule is O=C(N/N=C/c1cc(O)c(O)cc1O)c1ccccc1O. The Morgan fingerprint density at radius 2 is 1.62 bits per heavy atom. The molecular formula is C14H12N2O5. The Hall–Kier alpha value is -3.22. The van der Waals surface area contributed by atoms with Gasteiger partial charge < -0.3 is 20.4 Å². The van der Waals surface area contributed by atoms with Crippen LogP contribution < -0.4 is 5.43 Å². The highest BCUT2D eigenvalue weighted by molar-refractivity contribution is 5.97. The molecule has 108 valence electrons. The van der Waals surface area contributed by atoms with Crippen LogP contribution in [0.2, 0.25) is 0 Å². The lowest BCUT2D eigenvalue weighted by atomic mass is 10.2. The molecule has 0 unspecified atom stereocenters. The van der Waals surface area contributed by atoms with E-state index in [0.717, 1.165) is 18.3 Å². The molecule has 0 spiro atoms. The Morgan fingerprint density at radius 1 is 0.952 bits per heavy atom. The van der Waals surface area contributed by atoms with Crippen LogP contribution in [0.5, 0.6) is 23.0 Å². The first-order chi connectivity index (χ1) is 9.99. The summed E-state index contributed by atoms with van der Waals surface area (Å²) < 4.78 is 0. The normalized spacial score (nSPS) is 10.7. The van der Waals surface area contributed by atoms with E-state index in [0.29, 0.717) is 0 Å². The van der Waals surface area contributed by atoms with Crippen molar-refractivity contribution < 1.29 is 25.2 Å². The molecule has 0 atom stereocenters. The van der Waals surface area contributed by atoms with Crippen LogP contribution in [0.3, 0.4) is 0 Å². The molecule has 2 aromatic rings. The van der Waals surface area contributed by atoms with Crippen molar-refractivity contribution in [2.45, 2.75) is 0 Å². The smallest absolute Gasteiger partial charge is 0.275 e. The number of rotatable bonds is 3. The Morgan fingerprint density at radius 3 is 2.33 bits per heavy atom. The summed E-state index contributed by atoms with van der Waals surface area (Å²) in [5, 5.41) is 41.1. The van der Waals surface area contributed by atoms with Crippen LogP contribution in [0.4, 0.5) is 0 Å². The van der Waals surface area contributed by atoms with E-state index in [1.807, 2.05) is 0 Å². The predicted octanol–water partition coefficient (Wildman–Crippen LogP) is 1.27. The summed E-state index contributed by atoms with van der Waals surface area (Å²) in [5.41, 5.74) is 2.31. The molecule has 0 saturated carbocycles. The summed E-state index contributed by atoms with van der Waals surface area (Å²) in [6, 6.07) is 7.98. The minimum atomic E-state index is -0.633. The largest absolute Gasteiger partial charge is 0.507 e. The molecule has 0 saturated heterocycles. The van der Waals surface area contributed by atoms with Crippen LogP contribution in [0.15, 0.2) is 41.5 Å². The van der Waals surface area contributed by atoms with Gasteiger partial charge in [0.05, 0.1) is 11.8 Å².